The van der Waals surface area contributed by atoms with E-state index < -0.39 is 22.0 Å². The summed E-state index contributed by atoms with van der Waals surface area (Å²) in [5.41, 5.74) is 5.16. The average molecular weight is 250 g/mol. The first-order valence-corrected chi connectivity index (χ1v) is 5.78. The molecule has 1 rings (SSSR count). The van der Waals surface area contributed by atoms with Gasteiger partial charge in [0.1, 0.15) is 5.82 Å². The molecule has 0 radical (unpaired) electrons. The van der Waals surface area contributed by atoms with Crippen LogP contribution in [0, 0.1) is 5.82 Å². The third-order valence-electron chi connectivity index (χ3n) is 1.09. The molecule has 0 aliphatic carbocycles. The van der Waals surface area contributed by atoms with Crippen molar-refractivity contribution >= 4 is 21.8 Å². The molecule has 1 aromatic rings. The number of urea groups is 1. The number of hydrogen-bond acceptors (Lipinski definition) is 3. The number of carbonyl (C=O) groups is 1. The number of nitrogens with two attached hydrogens (primary N) is 1. The van der Waals surface area contributed by atoms with Crippen LogP contribution >= 0.6 is 0 Å². The van der Waals surface area contributed by atoms with Gasteiger partial charge in [-0.15, -0.1) is 0 Å². The Morgan fingerprint density at radius 1 is 1.50 bits per heavy atom. The number of halogens is 1. The van der Waals surface area contributed by atoms with Crippen LogP contribution in [-0.4, -0.2) is 25.3 Å². The summed E-state index contributed by atoms with van der Waals surface area (Å²) in [5.74, 6) is -0.406. The van der Waals surface area contributed by atoms with Crippen LogP contribution in [-0.2, 0) is 10.1 Å². The second-order valence-electron chi connectivity index (χ2n) is 2.73. The molecule has 8 heteroatoms. The van der Waals surface area contributed by atoms with Crippen LogP contribution in [0.2, 0.25) is 0 Å². The lowest BCUT2D eigenvalue weighted by atomic mass is 10.3. The molecule has 0 aliphatic rings. The largest absolute Gasteiger partial charge is 0.351 e. The zero-order valence-electron chi connectivity index (χ0n) is 8.34. The minimum absolute atomic E-state index is 0.359. The minimum atomic E-state index is -3.67. The van der Waals surface area contributed by atoms with E-state index in [1.807, 2.05) is 0 Å². The molecule has 0 saturated heterocycles. The Bertz CT molecular complexity index is 453. The Hall–Kier alpha value is -1.67. The van der Waals surface area contributed by atoms with Crippen molar-refractivity contribution in [2.75, 3.05) is 11.6 Å². The van der Waals surface area contributed by atoms with Gasteiger partial charge in [0.15, 0.2) is 0 Å². The maximum Gasteiger partial charge on any atom is 0.316 e. The minimum Gasteiger partial charge on any atom is -0.351 e. The summed E-state index contributed by atoms with van der Waals surface area (Å²) in [7, 11) is -3.67. The highest BCUT2D eigenvalue weighted by atomic mass is 32.2. The van der Waals surface area contributed by atoms with Crippen molar-refractivity contribution in [3.8, 4) is 0 Å². The molecule has 0 atom stereocenters. The maximum atomic E-state index is 12.4. The Morgan fingerprint density at radius 2 is 2.00 bits per heavy atom. The quantitative estimate of drug-likeness (QED) is 0.641. The Morgan fingerprint density at radius 3 is 2.38 bits per heavy atom. The van der Waals surface area contributed by atoms with Gasteiger partial charge in [-0.2, -0.15) is 8.42 Å². The Labute approximate surface area is 92.0 Å². The van der Waals surface area contributed by atoms with E-state index in [4.69, 9.17) is 10.3 Å². The number of anilines is 1. The van der Waals surface area contributed by atoms with Crippen molar-refractivity contribution in [2.24, 2.45) is 5.73 Å². The third kappa shape index (κ3) is 10.4. The highest BCUT2D eigenvalue weighted by Gasteiger charge is 1.95. The first-order valence-electron chi connectivity index (χ1n) is 3.93. The van der Waals surface area contributed by atoms with Crippen LogP contribution in [0.1, 0.15) is 0 Å². The molecule has 2 amide bonds. The second kappa shape index (κ2) is 6.03. The summed E-state index contributed by atoms with van der Waals surface area (Å²) in [6.45, 7) is 0. The lowest BCUT2D eigenvalue weighted by molar-refractivity contribution is 0.259. The maximum absolute atomic E-state index is 12.4. The van der Waals surface area contributed by atoms with E-state index in [9.17, 15) is 17.6 Å². The van der Waals surface area contributed by atoms with Crippen molar-refractivity contribution < 1.29 is 22.2 Å². The van der Waals surface area contributed by atoms with Gasteiger partial charge in [-0.05, 0) is 18.2 Å². The van der Waals surface area contributed by atoms with E-state index in [1.165, 1.54) is 18.2 Å². The molecule has 0 saturated carbocycles. The van der Waals surface area contributed by atoms with Crippen molar-refractivity contribution in [1.82, 2.24) is 0 Å². The number of carbonyl (C=O) groups excluding carboxylic acids is 1. The third-order valence-corrected chi connectivity index (χ3v) is 1.09. The molecule has 0 spiro atoms. The molecule has 6 nitrogen and oxygen atoms in total. The summed E-state index contributed by atoms with van der Waals surface area (Å²) < 4.78 is 38.3. The fourth-order valence-electron chi connectivity index (χ4n) is 0.708. The van der Waals surface area contributed by atoms with Crippen molar-refractivity contribution in [2.45, 2.75) is 0 Å². The molecule has 90 valence electrons. The molecular formula is C8H11FN2O4S. The van der Waals surface area contributed by atoms with Crippen LogP contribution in [0.5, 0.6) is 0 Å². The summed E-state index contributed by atoms with van der Waals surface area (Å²) in [4.78, 5) is 10.3. The summed E-state index contributed by atoms with van der Waals surface area (Å²) in [5, 5.41) is 2.24. The fourth-order valence-corrected chi connectivity index (χ4v) is 0.708. The van der Waals surface area contributed by atoms with Crippen LogP contribution < -0.4 is 11.1 Å². The van der Waals surface area contributed by atoms with Crippen LogP contribution in [0.4, 0.5) is 14.9 Å². The highest BCUT2D eigenvalue weighted by molar-refractivity contribution is 7.85. The van der Waals surface area contributed by atoms with E-state index in [0.717, 1.165) is 0 Å². The van der Waals surface area contributed by atoms with Gasteiger partial charge in [0.05, 0.1) is 6.26 Å². The van der Waals surface area contributed by atoms with Gasteiger partial charge in [0.2, 0.25) is 0 Å². The lowest BCUT2D eigenvalue weighted by Gasteiger charge is -1.99. The number of amides is 2. The van der Waals surface area contributed by atoms with Gasteiger partial charge in [0.25, 0.3) is 10.1 Å². The number of nitrogens with one attached hydrogen (secondary N) is 1. The SMILES string of the molecule is CS(=O)(=O)O.NC(=O)Nc1cccc(F)c1. The molecule has 0 bridgehead atoms. The number of hydrogen-bond donors (Lipinski definition) is 3. The predicted octanol–water partition coefficient (Wildman–Crippen LogP) is 0.820. The molecule has 1 aromatic carbocycles. The number of benzene rings is 1. The average Bonchev–Trinajstić information content (AvgIpc) is 1.98. The topological polar surface area (TPSA) is 109 Å². The van der Waals surface area contributed by atoms with E-state index >= 15 is 0 Å². The summed E-state index contributed by atoms with van der Waals surface area (Å²) in [6, 6.07) is 4.81. The standard InChI is InChI=1S/C7H7FN2O.CH4O3S/c8-5-2-1-3-6(4-5)10-7(9)11;1-5(2,3)4/h1-4H,(H3,9,10,11);1H3,(H,2,3,4). The van der Waals surface area contributed by atoms with E-state index in [1.54, 1.807) is 6.07 Å². The number of primary amides is 1. The Kier molecular flexibility index (Phi) is 5.40. The van der Waals surface area contributed by atoms with Crippen LogP contribution in [0.25, 0.3) is 0 Å². The second-order valence-corrected chi connectivity index (χ2v) is 4.20. The summed E-state index contributed by atoms with van der Waals surface area (Å²) >= 11 is 0. The Balaban J connectivity index is 0.000000385. The van der Waals surface area contributed by atoms with Gasteiger partial charge in [0, 0.05) is 5.69 Å². The molecule has 0 aromatic heterocycles. The fraction of sp³-hybridized carbons (Fsp3) is 0.125. The van der Waals surface area contributed by atoms with Crippen molar-refractivity contribution in [3.05, 3.63) is 30.1 Å². The molecule has 16 heavy (non-hydrogen) atoms. The van der Waals surface area contributed by atoms with Gasteiger partial charge in [-0.3, -0.25) is 4.55 Å². The molecule has 0 aliphatic heterocycles. The molecule has 0 fully saturated rings. The van der Waals surface area contributed by atoms with Crippen molar-refractivity contribution in [1.29, 1.82) is 0 Å². The zero-order chi connectivity index (χ0) is 12.8. The lowest BCUT2D eigenvalue weighted by Crippen LogP contribution is -2.19. The first-order chi connectivity index (χ1) is 7.18. The van der Waals surface area contributed by atoms with Crippen LogP contribution in [0.15, 0.2) is 24.3 Å². The molecular weight excluding hydrogens is 239 g/mol. The van der Waals surface area contributed by atoms with Gasteiger partial charge in [-0.25, -0.2) is 9.18 Å². The molecule has 0 heterocycles. The molecule has 0 unspecified atom stereocenters. The van der Waals surface area contributed by atoms with E-state index in [2.05, 4.69) is 5.32 Å². The van der Waals surface area contributed by atoms with Crippen LogP contribution in [0.3, 0.4) is 0 Å². The highest BCUT2D eigenvalue weighted by Crippen LogP contribution is 2.07. The van der Waals surface area contributed by atoms with Gasteiger partial charge < -0.3 is 11.1 Å². The monoisotopic (exact) mass is 250 g/mol. The normalized spacial score (nSPS) is 9.94. The first kappa shape index (κ1) is 14.3. The molecule has 4 N–H and O–H groups in total. The van der Waals surface area contributed by atoms with E-state index in [0.29, 0.717) is 11.9 Å². The smallest absolute Gasteiger partial charge is 0.316 e. The number of rotatable bonds is 1. The van der Waals surface area contributed by atoms with Gasteiger partial charge in [-0.1, -0.05) is 6.07 Å². The summed E-state index contributed by atoms with van der Waals surface area (Å²) in [6.07, 6.45) is 0.715. The predicted molar refractivity (Wildman–Crippen MR) is 57.1 cm³/mol. The van der Waals surface area contributed by atoms with E-state index in [-0.39, 0.29) is 0 Å². The van der Waals surface area contributed by atoms with Gasteiger partial charge >= 0.3 is 6.03 Å². The van der Waals surface area contributed by atoms with Crippen molar-refractivity contribution in [3.63, 3.8) is 0 Å². The zero-order valence-corrected chi connectivity index (χ0v) is 9.16.